The molecule has 1 fully saturated rings. The van der Waals surface area contributed by atoms with Crippen molar-refractivity contribution in [3.63, 3.8) is 0 Å². The number of allylic oxidation sites excluding steroid dienone is 1. The Morgan fingerprint density at radius 3 is 2.77 bits per heavy atom. The summed E-state index contributed by atoms with van der Waals surface area (Å²) < 4.78 is 7.49. The molecule has 1 N–H and O–H groups in total. The Bertz CT molecular complexity index is 659. The van der Waals surface area contributed by atoms with Crippen LogP contribution in [-0.2, 0) is 4.74 Å². The van der Waals surface area contributed by atoms with Gasteiger partial charge in [0.25, 0.3) is 0 Å². The van der Waals surface area contributed by atoms with Crippen LogP contribution < -0.4 is 5.32 Å². The third-order valence-corrected chi connectivity index (χ3v) is 4.09. The normalized spacial score (nSPS) is 20.6. The fourth-order valence-corrected chi connectivity index (χ4v) is 2.65. The first-order chi connectivity index (χ1) is 10.9. The van der Waals surface area contributed by atoms with Crippen molar-refractivity contribution in [1.82, 2.24) is 20.2 Å². The van der Waals surface area contributed by atoms with Gasteiger partial charge in [-0.15, -0.1) is 5.10 Å². The van der Waals surface area contributed by atoms with Crippen molar-refractivity contribution in [1.29, 1.82) is 0 Å². The van der Waals surface area contributed by atoms with Gasteiger partial charge in [0.05, 0.1) is 18.8 Å². The molecule has 2 aromatic rings. The number of tetrazole rings is 1. The minimum atomic E-state index is 0.256. The Kier molecular flexibility index (Phi) is 3.50. The molecule has 0 amide bonds. The second-order valence-electron chi connectivity index (χ2n) is 5.84. The summed E-state index contributed by atoms with van der Waals surface area (Å²) in [4.78, 5) is 0. The number of ether oxygens (including phenoxy) is 1. The first-order valence-electron chi connectivity index (χ1n) is 7.83. The van der Waals surface area contributed by atoms with Crippen LogP contribution >= 0.6 is 0 Å². The molecule has 114 valence electrons. The molecular weight excluding hydrogens is 278 g/mol. The summed E-state index contributed by atoms with van der Waals surface area (Å²) in [6, 6.07) is 8.75. The second-order valence-corrected chi connectivity index (χ2v) is 5.84. The highest BCUT2D eigenvalue weighted by Gasteiger charge is 2.28. The third kappa shape index (κ3) is 2.81. The van der Waals surface area contributed by atoms with Crippen LogP contribution in [0.15, 0.2) is 36.6 Å². The monoisotopic (exact) mass is 297 g/mol. The molecule has 4 rings (SSSR count). The molecule has 0 radical (unpaired) electrons. The van der Waals surface area contributed by atoms with Gasteiger partial charge in [0, 0.05) is 11.3 Å². The van der Waals surface area contributed by atoms with Gasteiger partial charge in [-0.05, 0) is 66.5 Å². The maximum absolute atomic E-state index is 5.56. The number of aromatic nitrogens is 4. The number of rotatable bonds is 5. The molecule has 1 atom stereocenters. The molecule has 0 unspecified atom stereocenters. The Labute approximate surface area is 129 Å². The summed E-state index contributed by atoms with van der Waals surface area (Å²) in [6.45, 7) is 0.823. The second kappa shape index (κ2) is 5.79. The molecule has 1 saturated carbocycles. The summed E-state index contributed by atoms with van der Waals surface area (Å²) in [5, 5.41) is 15.5. The molecule has 0 spiro atoms. The van der Waals surface area contributed by atoms with Gasteiger partial charge in [0.15, 0.2) is 5.82 Å². The molecule has 2 heterocycles. The van der Waals surface area contributed by atoms with Crippen LogP contribution in [0.1, 0.15) is 31.7 Å². The molecule has 6 nitrogen and oxygen atoms in total. The van der Waals surface area contributed by atoms with E-state index < -0.39 is 0 Å². The third-order valence-electron chi connectivity index (χ3n) is 4.09. The van der Waals surface area contributed by atoms with Gasteiger partial charge in [-0.1, -0.05) is 0 Å². The average molecular weight is 297 g/mol. The van der Waals surface area contributed by atoms with Crippen molar-refractivity contribution in [2.24, 2.45) is 0 Å². The van der Waals surface area contributed by atoms with Gasteiger partial charge in [-0.2, -0.15) is 0 Å². The zero-order valence-electron chi connectivity index (χ0n) is 12.4. The molecule has 6 heteroatoms. The topological polar surface area (TPSA) is 64.9 Å². The highest BCUT2D eigenvalue weighted by atomic mass is 16.5. The van der Waals surface area contributed by atoms with Crippen LogP contribution in [0.4, 0.5) is 5.69 Å². The van der Waals surface area contributed by atoms with Crippen molar-refractivity contribution < 1.29 is 4.74 Å². The lowest BCUT2D eigenvalue weighted by Crippen LogP contribution is -2.22. The van der Waals surface area contributed by atoms with Crippen LogP contribution in [0, 0.1) is 0 Å². The van der Waals surface area contributed by atoms with Crippen molar-refractivity contribution in [3.05, 3.63) is 36.6 Å². The SMILES string of the molecule is C1=CO[C@@H](CNc2ccc(-c3nnnn3C3CC3)cc2)CC1. The summed E-state index contributed by atoms with van der Waals surface area (Å²) in [5.41, 5.74) is 2.15. The van der Waals surface area contributed by atoms with E-state index in [0.717, 1.165) is 36.5 Å². The van der Waals surface area contributed by atoms with Gasteiger partial charge >= 0.3 is 0 Å². The lowest BCUT2D eigenvalue weighted by Gasteiger charge is -2.20. The van der Waals surface area contributed by atoms with Crippen molar-refractivity contribution in [3.8, 4) is 11.4 Å². The summed E-state index contributed by atoms with van der Waals surface area (Å²) >= 11 is 0. The molecule has 1 aliphatic heterocycles. The zero-order valence-corrected chi connectivity index (χ0v) is 12.4. The standard InChI is InChI=1S/C16H19N5O/c1-2-10-22-15(3-1)11-17-13-6-4-12(5-7-13)16-18-19-20-21(16)14-8-9-14/h2,4-7,10,14-15,17H,1,3,8-9,11H2/t15-/m1/s1. The fraction of sp³-hybridized carbons (Fsp3) is 0.438. The fourth-order valence-electron chi connectivity index (χ4n) is 2.65. The predicted molar refractivity (Wildman–Crippen MR) is 83.3 cm³/mol. The number of hydrogen-bond acceptors (Lipinski definition) is 5. The van der Waals surface area contributed by atoms with Crippen LogP contribution in [-0.4, -0.2) is 32.9 Å². The van der Waals surface area contributed by atoms with E-state index in [2.05, 4.69) is 51.2 Å². The van der Waals surface area contributed by atoms with Crippen molar-refractivity contribution in [2.45, 2.75) is 37.8 Å². The van der Waals surface area contributed by atoms with Crippen LogP contribution in [0.25, 0.3) is 11.4 Å². The highest BCUT2D eigenvalue weighted by molar-refractivity contribution is 5.59. The van der Waals surface area contributed by atoms with Gasteiger partial charge in [-0.25, -0.2) is 4.68 Å². The van der Waals surface area contributed by atoms with Crippen LogP contribution in [0.2, 0.25) is 0 Å². The number of nitrogens with one attached hydrogen (secondary N) is 1. The Balaban J connectivity index is 1.41. The predicted octanol–water partition coefficient (Wildman–Crippen LogP) is 2.78. The molecule has 0 saturated heterocycles. The van der Waals surface area contributed by atoms with Gasteiger partial charge < -0.3 is 10.1 Å². The summed E-state index contributed by atoms with van der Waals surface area (Å²) in [7, 11) is 0. The van der Waals surface area contributed by atoms with E-state index in [1.165, 1.54) is 12.8 Å². The lowest BCUT2D eigenvalue weighted by atomic mass is 10.1. The summed E-state index contributed by atoms with van der Waals surface area (Å²) in [5.74, 6) is 0.856. The van der Waals surface area contributed by atoms with Gasteiger partial charge in [0.2, 0.25) is 0 Å². The molecule has 1 aliphatic carbocycles. The number of benzene rings is 1. The van der Waals surface area contributed by atoms with Crippen molar-refractivity contribution in [2.75, 3.05) is 11.9 Å². The minimum absolute atomic E-state index is 0.256. The Hall–Kier alpha value is -2.37. The molecule has 1 aromatic heterocycles. The maximum atomic E-state index is 5.56. The molecular formula is C16H19N5O. The quantitative estimate of drug-likeness (QED) is 0.919. The van der Waals surface area contributed by atoms with E-state index in [1.54, 1.807) is 6.26 Å². The van der Waals surface area contributed by atoms with E-state index >= 15 is 0 Å². The molecule has 2 aliphatic rings. The number of nitrogens with zero attached hydrogens (tertiary/aromatic N) is 4. The van der Waals surface area contributed by atoms with Crippen molar-refractivity contribution >= 4 is 5.69 Å². The van der Waals surface area contributed by atoms with Crippen LogP contribution in [0.3, 0.4) is 0 Å². The largest absolute Gasteiger partial charge is 0.497 e. The summed E-state index contributed by atoms with van der Waals surface area (Å²) in [6.07, 6.45) is 8.63. The number of hydrogen-bond donors (Lipinski definition) is 1. The van der Waals surface area contributed by atoms with E-state index in [9.17, 15) is 0 Å². The Morgan fingerprint density at radius 1 is 1.18 bits per heavy atom. The van der Waals surface area contributed by atoms with E-state index in [0.29, 0.717) is 6.04 Å². The zero-order chi connectivity index (χ0) is 14.8. The first-order valence-corrected chi connectivity index (χ1v) is 7.83. The van der Waals surface area contributed by atoms with E-state index in [4.69, 9.17) is 4.74 Å². The smallest absolute Gasteiger partial charge is 0.182 e. The average Bonchev–Trinajstić information content (AvgIpc) is 3.31. The molecule has 1 aromatic carbocycles. The van der Waals surface area contributed by atoms with E-state index in [1.807, 2.05) is 4.68 Å². The lowest BCUT2D eigenvalue weighted by molar-refractivity contribution is 0.135. The van der Waals surface area contributed by atoms with E-state index in [-0.39, 0.29) is 6.10 Å². The highest BCUT2D eigenvalue weighted by Crippen LogP contribution is 2.36. The minimum Gasteiger partial charge on any atom is -0.497 e. The molecule has 22 heavy (non-hydrogen) atoms. The maximum Gasteiger partial charge on any atom is 0.182 e. The Morgan fingerprint density at radius 2 is 2.05 bits per heavy atom. The van der Waals surface area contributed by atoms with Crippen LogP contribution in [0.5, 0.6) is 0 Å². The number of anilines is 1. The molecule has 0 bridgehead atoms. The van der Waals surface area contributed by atoms with Gasteiger partial charge in [-0.3, -0.25) is 0 Å². The first kappa shape index (κ1) is 13.3. The van der Waals surface area contributed by atoms with Gasteiger partial charge in [0.1, 0.15) is 6.10 Å².